The third-order valence-corrected chi connectivity index (χ3v) is 7.62. The summed E-state index contributed by atoms with van der Waals surface area (Å²) in [6.45, 7) is 5.69. The van der Waals surface area contributed by atoms with Crippen molar-refractivity contribution in [3.63, 3.8) is 0 Å². The van der Waals surface area contributed by atoms with Gasteiger partial charge in [-0.3, -0.25) is 4.68 Å². The lowest BCUT2D eigenvalue weighted by Crippen LogP contribution is -2.32. The summed E-state index contributed by atoms with van der Waals surface area (Å²) in [6, 6.07) is 6.79. The van der Waals surface area contributed by atoms with Gasteiger partial charge < -0.3 is 15.0 Å². The normalized spacial score (nSPS) is 26.6. The third-order valence-electron chi connectivity index (χ3n) is 7.62. The summed E-state index contributed by atoms with van der Waals surface area (Å²) >= 11 is 0. The van der Waals surface area contributed by atoms with Crippen LogP contribution in [0.2, 0.25) is 0 Å². The summed E-state index contributed by atoms with van der Waals surface area (Å²) in [6.07, 6.45) is 10.8. The molecular formula is C25H32N6O. The monoisotopic (exact) mass is 432 g/mol. The van der Waals surface area contributed by atoms with E-state index in [1.165, 1.54) is 45.3 Å². The van der Waals surface area contributed by atoms with E-state index in [1.54, 1.807) is 0 Å². The summed E-state index contributed by atoms with van der Waals surface area (Å²) in [5.41, 5.74) is 3.17. The summed E-state index contributed by atoms with van der Waals surface area (Å²) in [5.74, 6) is 3.22. The van der Waals surface area contributed by atoms with Crippen LogP contribution in [0.15, 0.2) is 36.8 Å². The fourth-order valence-corrected chi connectivity index (χ4v) is 6.02. The molecule has 4 heterocycles. The molecule has 1 saturated carbocycles. The van der Waals surface area contributed by atoms with Gasteiger partial charge in [-0.05, 0) is 61.1 Å². The molecule has 0 spiro atoms. The summed E-state index contributed by atoms with van der Waals surface area (Å²) in [7, 11) is 1.95. The molecule has 7 nitrogen and oxygen atoms in total. The molecule has 2 aromatic heterocycles. The molecule has 1 aliphatic carbocycles. The number of anilines is 1. The van der Waals surface area contributed by atoms with Gasteiger partial charge in [-0.25, -0.2) is 9.97 Å². The van der Waals surface area contributed by atoms with Crippen LogP contribution < -0.4 is 5.32 Å². The average molecular weight is 433 g/mol. The SMILES string of the molecule is Cn1cc2cc(-c3cnc(NC4C[C@@H]5CN(CC6CCOCC6)C[C@@H]5C4)nc3)ccc2n1. The second-order valence-corrected chi connectivity index (χ2v) is 9.98. The Morgan fingerprint density at radius 3 is 2.53 bits per heavy atom. The van der Waals surface area contributed by atoms with Crippen molar-refractivity contribution in [2.24, 2.45) is 24.8 Å². The van der Waals surface area contributed by atoms with E-state index in [0.717, 1.165) is 58.9 Å². The van der Waals surface area contributed by atoms with Crippen molar-refractivity contribution < 1.29 is 4.74 Å². The molecule has 3 aliphatic rings. The van der Waals surface area contributed by atoms with Gasteiger partial charge in [-0.1, -0.05) is 6.07 Å². The van der Waals surface area contributed by atoms with Crippen molar-refractivity contribution >= 4 is 16.9 Å². The van der Waals surface area contributed by atoms with Crippen LogP contribution in [-0.2, 0) is 11.8 Å². The standard InChI is InChI=1S/C25H32N6O/c1-30-14-21-8-18(2-3-24(21)29-30)22-11-26-25(27-12-22)28-23-9-19-15-31(16-20(19)10-23)13-17-4-6-32-7-5-17/h2-3,8,11-12,14,17,19-20,23H,4-7,9-10,13,15-16H2,1H3,(H,26,27,28)/t19-,20+,23?. The second kappa shape index (κ2) is 8.45. The predicted molar refractivity (Wildman–Crippen MR) is 125 cm³/mol. The van der Waals surface area contributed by atoms with Gasteiger partial charge in [-0.2, -0.15) is 5.10 Å². The Morgan fingerprint density at radius 1 is 1.03 bits per heavy atom. The smallest absolute Gasteiger partial charge is 0.222 e. The van der Waals surface area contributed by atoms with Crippen LogP contribution in [-0.4, -0.2) is 63.5 Å². The van der Waals surface area contributed by atoms with Gasteiger partial charge in [0.05, 0.1) is 5.52 Å². The van der Waals surface area contributed by atoms with Crippen LogP contribution in [0, 0.1) is 17.8 Å². The molecule has 6 rings (SSSR count). The highest BCUT2D eigenvalue weighted by atomic mass is 16.5. The fourth-order valence-electron chi connectivity index (χ4n) is 6.02. The van der Waals surface area contributed by atoms with Gasteiger partial charge in [0.2, 0.25) is 5.95 Å². The van der Waals surface area contributed by atoms with Crippen molar-refractivity contribution in [3.8, 4) is 11.1 Å². The van der Waals surface area contributed by atoms with E-state index in [1.807, 2.05) is 30.3 Å². The number of benzene rings is 1. The Kier molecular flexibility index (Phi) is 5.31. The van der Waals surface area contributed by atoms with E-state index in [9.17, 15) is 0 Å². The summed E-state index contributed by atoms with van der Waals surface area (Å²) in [5, 5.41) is 9.19. The Bertz CT molecular complexity index is 1060. The zero-order valence-corrected chi connectivity index (χ0v) is 18.8. The van der Waals surface area contributed by atoms with Gasteiger partial charge in [0.15, 0.2) is 0 Å². The molecule has 7 heteroatoms. The van der Waals surface area contributed by atoms with Gasteiger partial charge >= 0.3 is 0 Å². The lowest BCUT2D eigenvalue weighted by molar-refractivity contribution is 0.0545. The molecule has 168 valence electrons. The topological polar surface area (TPSA) is 68.1 Å². The highest BCUT2D eigenvalue weighted by Gasteiger charge is 2.41. The number of hydrogen-bond acceptors (Lipinski definition) is 6. The van der Waals surface area contributed by atoms with E-state index >= 15 is 0 Å². The first kappa shape index (κ1) is 20.1. The molecule has 2 aliphatic heterocycles. The lowest BCUT2D eigenvalue weighted by atomic mass is 10.00. The Morgan fingerprint density at radius 2 is 1.78 bits per heavy atom. The number of aromatic nitrogens is 4. The average Bonchev–Trinajstić information content (AvgIpc) is 3.46. The van der Waals surface area contributed by atoms with Crippen molar-refractivity contribution in [2.45, 2.75) is 31.7 Å². The second-order valence-electron chi connectivity index (χ2n) is 9.98. The van der Waals surface area contributed by atoms with Crippen LogP contribution in [0.5, 0.6) is 0 Å². The first-order valence-corrected chi connectivity index (χ1v) is 12.0. The zero-order valence-electron chi connectivity index (χ0n) is 18.8. The Balaban J connectivity index is 1.04. The van der Waals surface area contributed by atoms with Crippen molar-refractivity contribution in [2.75, 3.05) is 38.2 Å². The maximum Gasteiger partial charge on any atom is 0.222 e. The number of nitrogens with one attached hydrogen (secondary N) is 1. The van der Waals surface area contributed by atoms with E-state index in [4.69, 9.17) is 4.74 Å². The quantitative estimate of drug-likeness (QED) is 0.665. The van der Waals surface area contributed by atoms with Crippen LogP contribution in [0.25, 0.3) is 22.0 Å². The van der Waals surface area contributed by atoms with E-state index < -0.39 is 0 Å². The summed E-state index contributed by atoms with van der Waals surface area (Å²) < 4.78 is 7.36. The Hall–Kier alpha value is -2.51. The minimum Gasteiger partial charge on any atom is -0.381 e. The molecule has 32 heavy (non-hydrogen) atoms. The maximum absolute atomic E-state index is 5.52. The molecule has 1 N–H and O–H groups in total. The number of nitrogens with zero attached hydrogens (tertiary/aromatic N) is 5. The first-order valence-electron chi connectivity index (χ1n) is 12.0. The molecule has 3 atom stereocenters. The van der Waals surface area contributed by atoms with Gasteiger partial charge in [0, 0.05) is 75.5 Å². The molecule has 2 saturated heterocycles. The number of aryl methyl sites for hydroxylation is 1. The number of ether oxygens (including phenoxy) is 1. The van der Waals surface area contributed by atoms with Crippen LogP contribution in [0.1, 0.15) is 25.7 Å². The highest BCUT2D eigenvalue weighted by molar-refractivity contribution is 5.83. The Labute approximate surface area is 189 Å². The van der Waals surface area contributed by atoms with Crippen molar-refractivity contribution in [3.05, 3.63) is 36.8 Å². The van der Waals surface area contributed by atoms with E-state index in [0.29, 0.717) is 6.04 Å². The minimum absolute atomic E-state index is 0.493. The molecule has 0 bridgehead atoms. The van der Waals surface area contributed by atoms with E-state index in [-0.39, 0.29) is 0 Å². The number of hydrogen-bond donors (Lipinski definition) is 1. The molecule has 0 radical (unpaired) electrons. The van der Waals surface area contributed by atoms with Crippen molar-refractivity contribution in [1.82, 2.24) is 24.6 Å². The summed E-state index contributed by atoms with van der Waals surface area (Å²) in [4.78, 5) is 12.0. The zero-order chi connectivity index (χ0) is 21.5. The van der Waals surface area contributed by atoms with Gasteiger partial charge in [-0.15, -0.1) is 0 Å². The molecule has 3 fully saturated rings. The lowest BCUT2D eigenvalue weighted by Gasteiger charge is -2.27. The number of fused-ring (bicyclic) bond motifs is 2. The maximum atomic E-state index is 5.52. The van der Waals surface area contributed by atoms with Gasteiger partial charge in [0.25, 0.3) is 0 Å². The third kappa shape index (κ3) is 4.11. The first-order chi connectivity index (χ1) is 15.7. The van der Waals surface area contributed by atoms with Gasteiger partial charge in [0.1, 0.15) is 0 Å². The molecule has 0 amide bonds. The molecule has 1 aromatic carbocycles. The number of likely N-dealkylation sites (tertiary alicyclic amines) is 1. The molecular weight excluding hydrogens is 400 g/mol. The van der Waals surface area contributed by atoms with Crippen LogP contribution in [0.4, 0.5) is 5.95 Å². The number of rotatable bonds is 5. The minimum atomic E-state index is 0.493. The van der Waals surface area contributed by atoms with Crippen molar-refractivity contribution in [1.29, 1.82) is 0 Å². The highest BCUT2D eigenvalue weighted by Crippen LogP contribution is 2.39. The largest absolute Gasteiger partial charge is 0.381 e. The molecule has 1 unspecified atom stereocenters. The fraction of sp³-hybridized carbons (Fsp3) is 0.560. The van der Waals surface area contributed by atoms with E-state index in [2.05, 4.69) is 43.5 Å². The van der Waals surface area contributed by atoms with Crippen LogP contribution >= 0.6 is 0 Å². The molecule has 3 aromatic rings. The predicted octanol–water partition coefficient (Wildman–Crippen LogP) is 3.58. The van der Waals surface area contributed by atoms with Crippen LogP contribution in [0.3, 0.4) is 0 Å².